The molecule has 0 bridgehead atoms. The third-order valence-electron chi connectivity index (χ3n) is 10.7. The number of rotatable bonds is 1. The SMILES string of the molecule is O=c1c2ccccc2c2cc(-c3ccccc3)cc3c4ccc5c(c4n1c23)C1(c2ccccc2-c2ccccc21)c1ccccc1-5. The highest BCUT2D eigenvalue weighted by Crippen LogP contribution is 2.64. The van der Waals surface area contributed by atoms with Crippen LogP contribution in [0, 0.1) is 0 Å². The second-order valence-electron chi connectivity index (χ2n) is 12.7. The molecule has 0 atom stereocenters. The summed E-state index contributed by atoms with van der Waals surface area (Å²) in [6.07, 6.45) is 0. The summed E-state index contributed by atoms with van der Waals surface area (Å²) in [5, 5.41) is 5.07. The van der Waals surface area contributed by atoms with Crippen molar-refractivity contribution in [2.24, 2.45) is 0 Å². The Bertz CT molecular complexity index is 2760. The zero-order chi connectivity index (χ0) is 30.1. The molecule has 9 aromatic rings. The Morgan fingerprint density at radius 3 is 1.57 bits per heavy atom. The Morgan fingerprint density at radius 2 is 0.913 bits per heavy atom. The lowest BCUT2D eigenvalue weighted by molar-refractivity contribution is 0.797. The molecule has 2 nitrogen and oxygen atoms in total. The lowest BCUT2D eigenvalue weighted by atomic mass is 9.70. The average molecular weight is 584 g/mol. The van der Waals surface area contributed by atoms with Gasteiger partial charge in [-0.1, -0.05) is 133 Å². The molecule has 0 saturated heterocycles. The maximum atomic E-state index is 14.9. The molecular formula is C44H25NO. The molecule has 0 radical (unpaired) electrons. The third kappa shape index (κ3) is 2.69. The summed E-state index contributed by atoms with van der Waals surface area (Å²) in [6.45, 7) is 0. The Hall–Kier alpha value is -5.99. The van der Waals surface area contributed by atoms with Crippen LogP contribution in [0.25, 0.3) is 71.3 Å². The van der Waals surface area contributed by atoms with E-state index in [2.05, 4.69) is 138 Å². The largest absolute Gasteiger partial charge is 0.275 e. The van der Waals surface area contributed by atoms with Gasteiger partial charge in [-0.15, -0.1) is 0 Å². The Labute approximate surface area is 264 Å². The number of benzene rings is 7. The van der Waals surface area contributed by atoms with Gasteiger partial charge in [0.1, 0.15) is 0 Å². The van der Waals surface area contributed by atoms with Crippen LogP contribution in [0.4, 0.5) is 0 Å². The lowest BCUT2D eigenvalue weighted by Crippen LogP contribution is -2.27. The van der Waals surface area contributed by atoms with E-state index in [1.54, 1.807) is 0 Å². The molecule has 0 N–H and O–H groups in total. The van der Waals surface area contributed by atoms with Gasteiger partial charge in [0.2, 0.25) is 0 Å². The predicted octanol–water partition coefficient (Wildman–Crippen LogP) is 10.2. The summed E-state index contributed by atoms with van der Waals surface area (Å²) in [6, 6.07) is 54.4. The minimum absolute atomic E-state index is 0.0367. The Balaban J connectivity index is 1.43. The van der Waals surface area contributed by atoms with Gasteiger partial charge in [0.05, 0.1) is 16.4 Å². The molecule has 2 aliphatic carbocycles. The normalized spacial score (nSPS) is 13.9. The number of pyridine rings is 1. The quantitative estimate of drug-likeness (QED) is 0.176. The molecule has 2 aromatic heterocycles. The molecule has 0 amide bonds. The highest BCUT2D eigenvalue weighted by atomic mass is 16.1. The number of nitrogens with zero attached hydrogens (tertiary/aromatic N) is 1. The van der Waals surface area contributed by atoms with E-state index in [1.807, 2.05) is 18.2 Å². The summed E-state index contributed by atoms with van der Waals surface area (Å²) in [5.74, 6) is 0. The van der Waals surface area contributed by atoms with E-state index in [0.717, 1.165) is 43.5 Å². The Kier molecular flexibility index (Phi) is 4.43. The van der Waals surface area contributed by atoms with Gasteiger partial charge in [-0.2, -0.15) is 0 Å². The molecule has 0 fully saturated rings. The highest BCUT2D eigenvalue weighted by molar-refractivity contribution is 6.23. The van der Waals surface area contributed by atoms with Crippen LogP contribution in [0.3, 0.4) is 0 Å². The van der Waals surface area contributed by atoms with Crippen LogP contribution in [0.1, 0.15) is 22.3 Å². The zero-order valence-corrected chi connectivity index (χ0v) is 24.8. The van der Waals surface area contributed by atoms with E-state index >= 15 is 0 Å². The maximum Gasteiger partial charge on any atom is 0.263 e. The van der Waals surface area contributed by atoms with Gasteiger partial charge in [0.25, 0.3) is 5.56 Å². The molecule has 7 aromatic carbocycles. The second kappa shape index (κ2) is 8.38. The third-order valence-corrected chi connectivity index (χ3v) is 10.7. The van der Waals surface area contributed by atoms with Crippen LogP contribution in [0.5, 0.6) is 0 Å². The van der Waals surface area contributed by atoms with Gasteiger partial charge in [-0.25, -0.2) is 0 Å². The average Bonchev–Trinajstić information content (AvgIpc) is 3.73. The maximum absolute atomic E-state index is 14.9. The molecule has 46 heavy (non-hydrogen) atoms. The molecule has 2 heteroatoms. The number of aromatic nitrogens is 1. The molecule has 11 rings (SSSR count). The van der Waals surface area contributed by atoms with E-state index in [1.165, 1.54) is 50.1 Å². The predicted molar refractivity (Wildman–Crippen MR) is 189 cm³/mol. The highest BCUT2D eigenvalue weighted by Gasteiger charge is 2.53. The lowest BCUT2D eigenvalue weighted by Gasteiger charge is -2.31. The van der Waals surface area contributed by atoms with Crippen molar-refractivity contribution in [1.82, 2.24) is 4.40 Å². The van der Waals surface area contributed by atoms with Crippen molar-refractivity contribution in [3.8, 4) is 33.4 Å². The molecular weight excluding hydrogens is 558 g/mol. The summed E-state index contributed by atoms with van der Waals surface area (Å²) in [7, 11) is 0. The zero-order valence-electron chi connectivity index (χ0n) is 24.8. The molecule has 1 spiro atoms. The first-order valence-corrected chi connectivity index (χ1v) is 15.9. The van der Waals surface area contributed by atoms with Crippen molar-refractivity contribution >= 4 is 38.0 Å². The molecule has 212 valence electrons. The monoisotopic (exact) mass is 583 g/mol. The van der Waals surface area contributed by atoms with E-state index in [4.69, 9.17) is 0 Å². The van der Waals surface area contributed by atoms with Crippen LogP contribution in [0.15, 0.2) is 156 Å². The van der Waals surface area contributed by atoms with Crippen molar-refractivity contribution < 1.29 is 0 Å². The second-order valence-corrected chi connectivity index (χ2v) is 12.7. The molecule has 2 heterocycles. The van der Waals surface area contributed by atoms with Crippen LogP contribution in [-0.4, -0.2) is 4.40 Å². The fourth-order valence-electron chi connectivity index (χ4n) is 9.04. The van der Waals surface area contributed by atoms with Gasteiger partial charge < -0.3 is 0 Å². The topological polar surface area (TPSA) is 21.5 Å². The van der Waals surface area contributed by atoms with Gasteiger partial charge in [-0.05, 0) is 73.7 Å². The molecule has 0 unspecified atom stereocenters. The fourth-order valence-corrected chi connectivity index (χ4v) is 9.04. The van der Waals surface area contributed by atoms with E-state index in [0.29, 0.717) is 0 Å². The van der Waals surface area contributed by atoms with Gasteiger partial charge in [-0.3, -0.25) is 9.20 Å². The fraction of sp³-hybridized carbons (Fsp3) is 0.0227. The van der Waals surface area contributed by atoms with E-state index in [9.17, 15) is 4.79 Å². The number of hydrogen-bond donors (Lipinski definition) is 0. The number of hydrogen-bond acceptors (Lipinski definition) is 1. The summed E-state index contributed by atoms with van der Waals surface area (Å²) in [4.78, 5) is 14.9. The van der Waals surface area contributed by atoms with Gasteiger partial charge in [0.15, 0.2) is 0 Å². The minimum atomic E-state index is -0.549. The van der Waals surface area contributed by atoms with Crippen molar-refractivity contribution in [2.45, 2.75) is 5.41 Å². The van der Waals surface area contributed by atoms with Gasteiger partial charge >= 0.3 is 0 Å². The van der Waals surface area contributed by atoms with Crippen LogP contribution >= 0.6 is 0 Å². The minimum Gasteiger partial charge on any atom is -0.275 e. The van der Waals surface area contributed by atoms with Crippen LogP contribution in [-0.2, 0) is 5.41 Å². The van der Waals surface area contributed by atoms with Crippen LogP contribution in [0.2, 0.25) is 0 Å². The first-order valence-electron chi connectivity index (χ1n) is 15.9. The first kappa shape index (κ1) is 24.3. The number of fused-ring (bicyclic) bond motifs is 16. The Morgan fingerprint density at radius 1 is 0.391 bits per heavy atom. The molecule has 0 saturated carbocycles. The molecule has 2 aliphatic rings. The van der Waals surface area contributed by atoms with Crippen molar-refractivity contribution in [2.75, 3.05) is 0 Å². The molecule has 0 aliphatic heterocycles. The first-order chi connectivity index (χ1) is 22.8. The van der Waals surface area contributed by atoms with Crippen LogP contribution < -0.4 is 5.56 Å². The smallest absolute Gasteiger partial charge is 0.263 e. The van der Waals surface area contributed by atoms with Crippen molar-refractivity contribution in [3.63, 3.8) is 0 Å². The van der Waals surface area contributed by atoms with Gasteiger partial charge in [0, 0.05) is 27.1 Å². The summed E-state index contributed by atoms with van der Waals surface area (Å²) >= 11 is 0. The van der Waals surface area contributed by atoms with E-state index in [-0.39, 0.29) is 5.56 Å². The van der Waals surface area contributed by atoms with Crippen molar-refractivity contribution in [1.29, 1.82) is 0 Å². The van der Waals surface area contributed by atoms with Crippen molar-refractivity contribution in [3.05, 3.63) is 184 Å². The van der Waals surface area contributed by atoms with E-state index < -0.39 is 5.41 Å². The summed E-state index contributed by atoms with van der Waals surface area (Å²) in [5.41, 5.74) is 13.8. The standard InChI is InChI=1S/C44H25NO/c46-43-34-18-5-4-14-28(34)35-24-27(26-12-2-1-3-13-26)25-36-33-23-22-32-31-17-8-11-21-39(31)44(40(32)42(33)45(43)41(35)36)37-19-9-6-15-29(37)30-16-7-10-20-38(30)44/h1-25H. The summed E-state index contributed by atoms with van der Waals surface area (Å²) < 4.78 is 2.06.